The summed E-state index contributed by atoms with van der Waals surface area (Å²) >= 11 is 3.52. The fourth-order valence-corrected chi connectivity index (χ4v) is 2.26. The molecule has 0 saturated carbocycles. The number of aryl methyl sites for hydroxylation is 1. The van der Waals surface area contributed by atoms with Gasteiger partial charge in [0, 0.05) is 16.7 Å². The minimum Gasteiger partial charge on any atom is -0.508 e. The number of rotatable bonds is 3. The van der Waals surface area contributed by atoms with Crippen LogP contribution in [0.25, 0.3) is 0 Å². The molecule has 0 fully saturated rings. The Kier molecular flexibility index (Phi) is 3.69. The number of halogens is 1. The maximum Gasteiger partial charge on any atom is 0.115 e. The second-order valence-electron chi connectivity index (χ2n) is 4.01. The van der Waals surface area contributed by atoms with E-state index in [-0.39, 0.29) is 0 Å². The summed E-state index contributed by atoms with van der Waals surface area (Å²) < 4.78 is 1.05. The van der Waals surface area contributed by atoms with Crippen LogP contribution in [0.1, 0.15) is 11.1 Å². The molecule has 2 nitrogen and oxygen atoms in total. The summed E-state index contributed by atoms with van der Waals surface area (Å²) in [6.45, 7) is 2.75. The van der Waals surface area contributed by atoms with Gasteiger partial charge in [-0.25, -0.2) is 0 Å². The summed E-state index contributed by atoms with van der Waals surface area (Å²) in [6, 6.07) is 13.4. The van der Waals surface area contributed by atoms with Crippen molar-refractivity contribution in [2.45, 2.75) is 13.5 Å². The van der Waals surface area contributed by atoms with Gasteiger partial charge in [-0.2, -0.15) is 0 Å². The Morgan fingerprint density at radius 2 is 2.00 bits per heavy atom. The molecule has 2 aromatic carbocycles. The first-order chi connectivity index (χ1) is 8.15. The SMILES string of the molecule is Cc1ccc(NCc2cccc(O)c2)c(Br)c1. The van der Waals surface area contributed by atoms with Crippen molar-refractivity contribution in [3.05, 3.63) is 58.1 Å². The zero-order chi connectivity index (χ0) is 12.3. The molecule has 0 atom stereocenters. The third-order valence-electron chi connectivity index (χ3n) is 2.52. The van der Waals surface area contributed by atoms with Crippen molar-refractivity contribution in [2.24, 2.45) is 0 Å². The Hall–Kier alpha value is -1.48. The molecule has 0 aliphatic heterocycles. The standard InChI is InChI=1S/C14H14BrNO/c1-10-5-6-14(13(15)7-10)16-9-11-3-2-4-12(17)8-11/h2-8,16-17H,9H2,1H3. The van der Waals surface area contributed by atoms with E-state index in [0.29, 0.717) is 12.3 Å². The van der Waals surface area contributed by atoms with E-state index in [9.17, 15) is 5.11 Å². The van der Waals surface area contributed by atoms with E-state index in [1.54, 1.807) is 12.1 Å². The summed E-state index contributed by atoms with van der Waals surface area (Å²) in [5.41, 5.74) is 3.33. The normalized spacial score (nSPS) is 10.2. The van der Waals surface area contributed by atoms with E-state index in [1.165, 1.54) is 5.56 Å². The highest BCUT2D eigenvalue weighted by Gasteiger charge is 2.00. The molecule has 0 amide bonds. The van der Waals surface area contributed by atoms with Crippen LogP contribution in [0.4, 0.5) is 5.69 Å². The molecular weight excluding hydrogens is 278 g/mol. The zero-order valence-electron chi connectivity index (χ0n) is 9.57. The van der Waals surface area contributed by atoms with Gasteiger partial charge in [-0.05, 0) is 58.2 Å². The van der Waals surface area contributed by atoms with Crippen molar-refractivity contribution in [3.63, 3.8) is 0 Å². The van der Waals surface area contributed by atoms with Crippen LogP contribution in [0.3, 0.4) is 0 Å². The van der Waals surface area contributed by atoms with Gasteiger partial charge >= 0.3 is 0 Å². The molecule has 3 heteroatoms. The molecule has 0 heterocycles. The van der Waals surface area contributed by atoms with E-state index in [0.717, 1.165) is 15.7 Å². The lowest BCUT2D eigenvalue weighted by molar-refractivity contribution is 0.474. The van der Waals surface area contributed by atoms with E-state index in [4.69, 9.17) is 0 Å². The lowest BCUT2D eigenvalue weighted by atomic mass is 10.2. The number of phenolic OH excluding ortho intramolecular Hbond substituents is 1. The highest BCUT2D eigenvalue weighted by molar-refractivity contribution is 9.10. The molecule has 2 aromatic rings. The van der Waals surface area contributed by atoms with Crippen molar-refractivity contribution in [1.82, 2.24) is 0 Å². The van der Waals surface area contributed by atoms with Crippen molar-refractivity contribution in [1.29, 1.82) is 0 Å². The summed E-state index contributed by atoms with van der Waals surface area (Å²) in [5.74, 6) is 0.298. The number of hydrogen-bond donors (Lipinski definition) is 2. The third kappa shape index (κ3) is 3.24. The highest BCUT2D eigenvalue weighted by Crippen LogP contribution is 2.24. The van der Waals surface area contributed by atoms with Gasteiger partial charge in [-0.15, -0.1) is 0 Å². The summed E-state index contributed by atoms with van der Waals surface area (Å²) in [5, 5.41) is 12.7. The molecule has 0 unspecified atom stereocenters. The van der Waals surface area contributed by atoms with E-state index >= 15 is 0 Å². The summed E-state index contributed by atoms with van der Waals surface area (Å²) in [7, 11) is 0. The molecule has 0 spiro atoms. The Labute approximate surface area is 109 Å². The van der Waals surface area contributed by atoms with Gasteiger partial charge in [0.25, 0.3) is 0 Å². The monoisotopic (exact) mass is 291 g/mol. The van der Waals surface area contributed by atoms with Crippen LogP contribution >= 0.6 is 15.9 Å². The second-order valence-corrected chi connectivity index (χ2v) is 4.86. The fourth-order valence-electron chi connectivity index (χ4n) is 1.63. The minimum absolute atomic E-state index is 0.298. The lowest BCUT2D eigenvalue weighted by Crippen LogP contribution is -1.99. The van der Waals surface area contributed by atoms with E-state index in [2.05, 4.69) is 40.3 Å². The van der Waals surface area contributed by atoms with Crippen molar-refractivity contribution < 1.29 is 5.11 Å². The average Bonchev–Trinajstić information content (AvgIpc) is 2.28. The maximum absolute atomic E-state index is 9.36. The molecule has 0 aliphatic rings. The Morgan fingerprint density at radius 3 is 2.71 bits per heavy atom. The fraction of sp³-hybridized carbons (Fsp3) is 0.143. The predicted molar refractivity (Wildman–Crippen MR) is 74.3 cm³/mol. The van der Waals surface area contributed by atoms with E-state index < -0.39 is 0 Å². The molecule has 88 valence electrons. The number of nitrogens with one attached hydrogen (secondary N) is 1. The molecule has 2 rings (SSSR count). The Bertz CT molecular complexity index is 525. The summed E-state index contributed by atoms with van der Waals surface area (Å²) in [6.07, 6.45) is 0. The smallest absolute Gasteiger partial charge is 0.115 e. The Balaban J connectivity index is 2.07. The van der Waals surface area contributed by atoms with Gasteiger partial charge < -0.3 is 10.4 Å². The van der Waals surface area contributed by atoms with Gasteiger partial charge in [0.15, 0.2) is 0 Å². The van der Waals surface area contributed by atoms with Gasteiger partial charge in [0.05, 0.1) is 0 Å². The number of anilines is 1. The quantitative estimate of drug-likeness (QED) is 0.893. The van der Waals surface area contributed by atoms with Gasteiger partial charge in [0.2, 0.25) is 0 Å². The van der Waals surface area contributed by atoms with Crippen LogP contribution in [0.2, 0.25) is 0 Å². The number of benzene rings is 2. The topological polar surface area (TPSA) is 32.3 Å². The van der Waals surface area contributed by atoms with Gasteiger partial charge in [-0.1, -0.05) is 18.2 Å². The first kappa shape index (κ1) is 12.0. The van der Waals surface area contributed by atoms with Crippen LogP contribution in [0.5, 0.6) is 5.75 Å². The molecule has 0 aromatic heterocycles. The van der Waals surface area contributed by atoms with Crippen molar-refractivity contribution in [2.75, 3.05) is 5.32 Å². The first-order valence-corrected chi connectivity index (χ1v) is 6.22. The average molecular weight is 292 g/mol. The molecule has 0 saturated heterocycles. The predicted octanol–water partition coefficient (Wildman–Crippen LogP) is 4.08. The van der Waals surface area contributed by atoms with Crippen LogP contribution in [0.15, 0.2) is 46.9 Å². The largest absolute Gasteiger partial charge is 0.508 e. The maximum atomic E-state index is 9.36. The van der Waals surface area contributed by atoms with Gasteiger partial charge in [0.1, 0.15) is 5.75 Å². The van der Waals surface area contributed by atoms with E-state index in [1.807, 2.05) is 18.2 Å². The number of phenols is 1. The van der Waals surface area contributed by atoms with Crippen LogP contribution in [0, 0.1) is 6.92 Å². The molecule has 17 heavy (non-hydrogen) atoms. The Morgan fingerprint density at radius 1 is 1.18 bits per heavy atom. The van der Waals surface area contributed by atoms with Crippen LogP contribution in [-0.4, -0.2) is 5.11 Å². The molecule has 2 N–H and O–H groups in total. The van der Waals surface area contributed by atoms with Crippen LogP contribution < -0.4 is 5.32 Å². The van der Waals surface area contributed by atoms with Crippen molar-refractivity contribution in [3.8, 4) is 5.75 Å². The zero-order valence-corrected chi connectivity index (χ0v) is 11.2. The summed E-state index contributed by atoms with van der Waals surface area (Å²) in [4.78, 5) is 0. The molecular formula is C14H14BrNO. The first-order valence-electron chi connectivity index (χ1n) is 5.43. The highest BCUT2D eigenvalue weighted by atomic mass is 79.9. The molecule has 0 radical (unpaired) electrons. The van der Waals surface area contributed by atoms with Crippen molar-refractivity contribution >= 4 is 21.6 Å². The van der Waals surface area contributed by atoms with Gasteiger partial charge in [-0.3, -0.25) is 0 Å². The second kappa shape index (κ2) is 5.23. The van der Waals surface area contributed by atoms with Crippen LogP contribution in [-0.2, 0) is 6.54 Å². The lowest BCUT2D eigenvalue weighted by Gasteiger charge is -2.09. The third-order valence-corrected chi connectivity index (χ3v) is 3.17. The number of hydrogen-bond acceptors (Lipinski definition) is 2. The number of aromatic hydroxyl groups is 1. The molecule has 0 aliphatic carbocycles. The minimum atomic E-state index is 0.298. The molecule has 0 bridgehead atoms.